The predicted molar refractivity (Wildman–Crippen MR) is 72.3 cm³/mol. The van der Waals surface area contributed by atoms with E-state index in [0.717, 1.165) is 23.5 Å². The number of rotatable bonds is 1. The standard InChI is InChI=1S/C14H19NO3S/c1-9-15-11(7-19-9)10-6-12(16)18-14(10)4-5-17-13(2,3)8-14/h7,10H,4-6,8H2,1-3H3. The molecular weight excluding hydrogens is 262 g/mol. The number of hydrogen-bond acceptors (Lipinski definition) is 5. The number of aromatic nitrogens is 1. The van der Waals surface area contributed by atoms with Crippen molar-refractivity contribution in [1.82, 2.24) is 4.98 Å². The van der Waals surface area contributed by atoms with Gasteiger partial charge in [0.2, 0.25) is 0 Å². The molecule has 3 rings (SSSR count). The summed E-state index contributed by atoms with van der Waals surface area (Å²) >= 11 is 1.63. The van der Waals surface area contributed by atoms with Crippen molar-refractivity contribution >= 4 is 17.3 Å². The van der Waals surface area contributed by atoms with Crippen molar-refractivity contribution in [3.63, 3.8) is 0 Å². The molecule has 0 aromatic carbocycles. The molecule has 0 N–H and O–H groups in total. The lowest BCUT2D eigenvalue weighted by molar-refractivity contribution is -0.174. The average molecular weight is 281 g/mol. The minimum Gasteiger partial charge on any atom is -0.458 e. The van der Waals surface area contributed by atoms with Gasteiger partial charge >= 0.3 is 5.97 Å². The number of ether oxygens (including phenoxy) is 2. The zero-order chi connectivity index (χ0) is 13.7. The average Bonchev–Trinajstić information content (AvgIpc) is 2.82. The number of hydrogen-bond donors (Lipinski definition) is 0. The predicted octanol–water partition coefficient (Wildman–Crippen LogP) is 2.81. The molecule has 4 nitrogen and oxygen atoms in total. The van der Waals surface area contributed by atoms with Crippen LogP contribution in [0.4, 0.5) is 0 Å². The van der Waals surface area contributed by atoms with E-state index < -0.39 is 5.60 Å². The van der Waals surface area contributed by atoms with E-state index in [1.54, 1.807) is 11.3 Å². The van der Waals surface area contributed by atoms with Crippen LogP contribution in [0.25, 0.3) is 0 Å². The molecule has 2 aliphatic rings. The molecule has 3 heterocycles. The number of thiazole rings is 1. The van der Waals surface area contributed by atoms with E-state index in [1.807, 2.05) is 6.92 Å². The minimum atomic E-state index is -0.417. The van der Waals surface area contributed by atoms with E-state index in [9.17, 15) is 4.79 Å². The second-order valence-electron chi connectivity index (χ2n) is 6.12. The Kier molecular flexibility index (Phi) is 2.94. The van der Waals surface area contributed by atoms with Gasteiger partial charge in [-0.3, -0.25) is 4.79 Å². The van der Waals surface area contributed by atoms with E-state index in [2.05, 4.69) is 24.2 Å². The van der Waals surface area contributed by atoms with Gasteiger partial charge in [-0.05, 0) is 20.8 Å². The summed E-state index contributed by atoms with van der Waals surface area (Å²) in [6, 6.07) is 0. The van der Waals surface area contributed by atoms with Gasteiger partial charge in [0.25, 0.3) is 0 Å². The zero-order valence-electron chi connectivity index (χ0n) is 11.6. The number of carbonyl (C=O) groups excluding carboxylic acids is 1. The van der Waals surface area contributed by atoms with Crippen molar-refractivity contribution < 1.29 is 14.3 Å². The highest BCUT2D eigenvalue weighted by atomic mass is 32.1. The lowest BCUT2D eigenvalue weighted by Crippen LogP contribution is -2.48. The second-order valence-corrected chi connectivity index (χ2v) is 7.18. The van der Waals surface area contributed by atoms with Crippen molar-refractivity contribution in [3.8, 4) is 0 Å². The molecule has 0 radical (unpaired) electrons. The van der Waals surface area contributed by atoms with Crippen LogP contribution < -0.4 is 0 Å². The first-order chi connectivity index (χ1) is 8.90. The highest BCUT2D eigenvalue weighted by molar-refractivity contribution is 7.09. The summed E-state index contributed by atoms with van der Waals surface area (Å²) in [7, 11) is 0. The van der Waals surface area contributed by atoms with Crippen LogP contribution in [-0.4, -0.2) is 28.8 Å². The van der Waals surface area contributed by atoms with Crippen LogP contribution in [0.5, 0.6) is 0 Å². The molecule has 2 atom stereocenters. The Morgan fingerprint density at radius 3 is 2.89 bits per heavy atom. The van der Waals surface area contributed by atoms with Gasteiger partial charge in [-0.15, -0.1) is 11.3 Å². The number of aryl methyl sites for hydroxylation is 1. The number of nitrogens with zero attached hydrogens (tertiary/aromatic N) is 1. The molecule has 1 spiro atoms. The van der Waals surface area contributed by atoms with E-state index >= 15 is 0 Å². The second kappa shape index (κ2) is 4.28. The van der Waals surface area contributed by atoms with Crippen molar-refractivity contribution in [2.45, 2.75) is 57.2 Å². The molecule has 2 fully saturated rings. The first-order valence-electron chi connectivity index (χ1n) is 6.68. The molecule has 19 heavy (non-hydrogen) atoms. The Bertz CT molecular complexity index is 511. The summed E-state index contributed by atoms with van der Waals surface area (Å²) in [5, 5.41) is 3.10. The van der Waals surface area contributed by atoms with Crippen LogP contribution in [0.2, 0.25) is 0 Å². The third-order valence-corrected chi connectivity index (χ3v) is 4.85. The van der Waals surface area contributed by atoms with Gasteiger partial charge < -0.3 is 9.47 Å². The Labute approximate surface area is 117 Å². The Hall–Kier alpha value is -0.940. The van der Waals surface area contributed by atoms with Crippen LogP contribution >= 0.6 is 11.3 Å². The van der Waals surface area contributed by atoms with Gasteiger partial charge in [-0.1, -0.05) is 0 Å². The van der Waals surface area contributed by atoms with Crippen LogP contribution in [0, 0.1) is 6.92 Å². The molecule has 0 saturated carbocycles. The van der Waals surface area contributed by atoms with Crippen LogP contribution in [-0.2, 0) is 14.3 Å². The largest absolute Gasteiger partial charge is 0.458 e. The summed E-state index contributed by atoms with van der Waals surface area (Å²) in [5.41, 5.74) is 0.344. The fourth-order valence-electron chi connectivity index (χ4n) is 3.35. The van der Waals surface area contributed by atoms with Crippen molar-refractivity contribution in [2.75, 3.05) is 6.61 Å². The fourth-order valence-corrected chi connectivity index (χ4v) is 4.02. The SMILES string of the molecule is Cc1nc(C2CC(=O)OC23CCOC(C)(C)C3)cs1. The molecule has 0 aliphatic carbocycles. The first-order valence-corrected chi connectivity index (χ1v) is 7.56. The van der Waals surface area contributed by atoms with Gasteiger partial charge in [0.05, 0.1) is 35.2 Å². The van der Waals surface area contributed by atoms with Gasteiger partial charge in [0, 0.05) is 18.2 Å². The van der Waals surface area contributed by atoms with Gasteiger partial charge in [0.15, 0.2) is 0 Å². The van der Waals surface area contributed by atoms with Crippen molar-refractivity contribution in [2.24, 2.45) is 0 Å². The quantitative estimate of drug-likeness (QED) is 0.743. The Balaban J connectivity index is 1.96. The molecule has 5 heteroatoms. The lowest BCUT2D eigenvalue weighted by Gasteiger charge is -2.43. The Morgan fingerprint density at radius 1 is 1.47 bits per heavy atom. The molecule has 1 aromatic rings. The monoisotopic (exact) mass is 281 g/mol. The van der Waals surface area contributed by atoms with Gasteiger partial charge in [0.1, 0.15) is 5.60 Å². The Morgan fingerprint density at radius 2 is 2.26 bits per heavy atom. The molecule has 0 bridgehead atoms. The molecule has 2 saturated heterocycles. The summed E-state index contributed by atoms with van der Waals surface area (Å²) in [4.78, 5) is 16.4. The minimum absolute atomic E-state index is 0.0770. The zero-order valence-corrected chi connectivity index (χ0v) is 12.4. The van der Waals surface area contributed by atoms with Crippen LogP contribution in [0.15, 0.2) is 5.38 Å². The van der Waals surface area contributed by atoms with Crippen LogP contribution in [0.1, 0.15) is 49.7 Å². The van der Waals surface area contributed by atoms with Gasteiger partial charge in [-0.25, -0.2) is 4.98 Å². The highest BCUT2D eigenvalue weighted by Gasteiger charge is 2.55. The van der Waals surface area contributed by atoms with Gasteiger partial charge in [-0.2, -0.15) is 0 Å². The maximum absolute atomic E-state index is 11.8. The highest BCUT2D eigenvalue weighted by Crippen LogP contribution is 2.50. The van der Waals surface area contributed by atoms with Crippen LogP contribution in [0.3, 0.4) is 0 Å². The van der Waals surface area contributed by atoms with E-state index in [4.69, 9.17) is 9.47 Å². The topological polar surface area (TPSA) is 48.4 Å². The molecule has 1 aromatic heterocycles. The maximum Gasteiger partial charge on any atom is 0.307 e. The normalized spacial score (nSPS) is 33.6. The third kappa shape index (κ3) is 2.30. The lowest BCUT2D eigenvalue weighted by atomic mass is 9.74. The molecular formula is C14H19NO3S. The summed E-state index contributed by atoms with van der Waals surface area (Å²) in [5.74, 6) is -0.0264. The molecule has 2 unspecified atom stereocenters. The van der Waals surface area contributed by atoms with E-state index in [0.29, 0.717) is 13.0 Å². The molecule has 2 aliphatic heterocycles. The number of carbonyl (C=O) groups is 1. The molecule has 0 amide bonds. The van der Waals surface area contributed by atoms with Crippen molar-refractivity contribution in [1.29, 1.82) is 0 Å². The van der Waals surface area contributed by atoms with E-state index in [-0.39, 0.29) is 17.5 Å². The maximum atomic E-state index is 11.8. The third-order valence-electron chi connectivity index (χ3n) is 4.06. The van der Waals surface area contributed by atoms with Crippen molar-refractivity contribution in [3.05, 3.63) is 16.1 Å². The summed E-state index contributed by atoms with van der Waals surface area (Å²) in [6.07, 6.45) is 1.95. The number of esters is 1. The summed E-state index contributed by atoms with van der Waals surface area (Å²) < 4.78 is 11.5. The fraction of sp³-hybridized carbons (Fsp3) is 0.714. The molecule has 104 valence electrons. The smallest absolute Gasteiger partial charge is 0.307 e. The van der Waals surface area contributed by atoms with E-state index in [1.165, 1.54) is 0 Å². The summed E-state index contributed by atoms with van der Waals surface area (Å²) in [6.45, 7) is 6.75. The first kappa shape index (κ1) is 13.1.